The van der Waals surface area contributed by atoms with Crippen LogP contribution in [0.15, 0.2) is 66.9 Å². The quantitative estimate of drug-likeness (QED) is 0.0473. The number of ether oxygens (including phenoxy) is 8. The highest BCUT2D eigenvalue weighted by atomic mass is 19.1. The Kier molecular flexibility index (Phi) is 28.5. The SMILES string of the molecule is CC(C)(C)[C@H](c1nc(-c2cc(F)ccc2F)cn1Cc1ccccc1)N(CC1CNCC1CNC(=O)CCOCCOCCOCCOCCOCCOCCOCCOCCNC(=O)CCN1C(=O)C=CC1=O)C(=O)CO. The molecule has 0 spiro atoms. The third-order valence-electron chi connectivity index (χ3n) is 12.6. The Labute approximate surface area is 455 Å². The minimum Gasteiger partial charge on any atom is -0.387 e. The molecule has 1 saturated heterocycles. The second-order valence-corrected chi connectivity index (χ2v) is 19.6. The van der Waals surface area contributed by atoms with Crippen molar-refractivity contribution in [3.63, 3.8) is 0 Å². The van der Waals surface area contributed by atoms with E-state index in [-0.39, 0.29) is 67.4 Å². The Balaban J connectivity index is 0.852. The number of carbonyl (C=O) groups is 5. The number of halogens is 2. The standard InChI is InChI=1S/C55H79F2N7O14/c1-55(2,3)53(54-61-47(45-33-44(56)9-10-46(45)57)39-62(54)37-41-7-5-4-6-8-41)64(52(70)40-65)38-43-35-58-34-42(43)36-60-49(67)14-17-71-19-21-73-23-25-75-27-29-77-31-32-78-30-28-76-26-24-74-22-20-72-18-15-59-48(66)13-16-63-50(68)11-12-51(63)69/h4-12,33,39,42-43,53,58,65H,13-32,34-38,40H2,1-3H3,(H,59,66)(H,60,67)/t42?,43?,53-/m0/s1. The van der Waals surface area contributed by atoms with Gasteiger partial charge in [-0.3, -0.25) is 28.9 Å². The topological polar surface area (TPSA) is 240 Å². The van der Waals surface area contributed by atoms with Gasteiger partial charge in [-0.2, -0.15) is 0 Å². The van der Waals surface area contributed by atoms with Gasteiger partial charge in [0.05, 0.1) is 117 Å². The van der Waals surface area contributed by atoms with E-state index in [1.807, 2.05) is 55.7 Å². The summed E-state index contributed by atoms with van der Waals surface area (Å²) in [5.41, 5.74) is 0.541. The monoisotopic (exact) mass is 1100 g/mol. The number of imide groups is 1. The zero-order valence-corrected chi connectivity index (χ0v) is 45.3. The Bertz CT molecular complexity index is 2300. The first-order valence-corrected chi connectivity index (χ1v) is 26.6. The van der Waals surface area contributed by atoms with E-state index in [2.05, 4.69) is 16.0 Å². The van der Waals surface area contributed by atoms with Crippen molar-refractivity contribution >= 4 is 29.5 Å². The van der Waals surface area contributed by atoms with Gasteiger partial charge in [0, 0.05) is 82.6 Å². The molecule has 5 amide bonds. The van der Waals surface area contributed by atoms with Crippen LogP contribution in [-0.2, 0) is 68.4 Å². The number of benzene rings is 2. The van der Waals surface area contributed by atoms with Crippen LogP contribution in [0.3, 0.4) is 0 Å². The van der Waals surface area contributed by atoms with Crippen molar-refractivity contribution in [3.05, 3.63) is 89.9 Å². The van der Waals surface area contributed by atoms with Crippen molar-refractivity contribution in [2.75, 3.05) is 152 Å². The van der Waals surface area contributed by atoms with Gasteiger partial charge in [-0.25, -0.2) is 13.8 Å². The van der Waals surface area contributed by atoms with Gasteiger partial charge in [0.25, 0.3) is 11.8 Å². The van der Waals surface area contributed by atoms with Crippen LogP contribution in [0.25, 0.3) is 11.3 Å². The van der Waals surface area contributed by atoms with Crippen molar-refractivity contribution < 1.29 is 75.8 Å². The zero-order chi connectivity index (χ0) is 56.0. The zero-order valence-electron chi connectivity index (χ0n) is 45.3. The molecule has 2 aliphatic heterocycles. The van der Waals surface area contributed by atoms with Crippen molar-refractivity contribution in [3.8, 4) is 11.3 Å². The molecule has 4 N–H and O–H groups in total. The van der Waals surface area contributed by atoms with Gasteiger partial charge in [-0.1, -0.05) is 51.1 Å². The molecule has 0 radical (unpaired) electrons. The van der Waals surface area contributed by atoms with Gasteiger partial charge in [0.2, 0.25) is 17.7 Å². The molecule has 0 aliphatic carbocycles. The summed E-state index contributed by atoms with van der Waals surface area (Å²) in [5, 5.41) is 19.4. The molecule has 1 aromatic heterocycles. The highest BCUT2D eigenvalue weighted by Gasteiger charge is 2.41. The maximum atomic E-state index is 15.2. The van der Waals surface area contributed by atoms with Crippen LogP contribution in [0.5, 0.6) is 0 Å². The molecule has 3 atom stereocenters. The van der Waals surface area contributed by atoms with Gasteiger partial charge < -0.3 is 68.4 Å². The van der Waals surface area contributed by atoms with Crippen LogP contribution >= 0.6 is 0 Å². The number of amides is 5. The van der Waals surface area contributed by atoms with Crippen molar-refractivity contribution in [2.24, 2.45) is 17.3 Å². The fraction of sp³-hybridized carbons (Fsp3) is 0.600. The fourth-order valence-corrected chi connectivity index (χ4v) is 8.66. The summed E-state index contributed by atoms with van der Waals surface area (Å²) in [4.78, 5) is 69.1. The van der Waals surface area contributed by atoms with E-state index in [9.17, 15) is 33.5 Å². The summed E-state index contributed by atoms with van der Waals surface area (Å²) in [6.07, 6.45) is 4.24. The van der Waals surface area contributed by atoms with Gasteiger partial charge in [-0.15, -0.1) is 0 Å². The third kappa shape index (κ3) is 22.6. The predicted octanol–water partition coefficient (Wildman–Crippen LogP) is 2.69. The molecule has 3 aromatic rings. The number of hydrogen-bond acceptors (Lipinski definition) is 16. The summed E-state index contributed by atoms with van der Waals surface area (Å²) in [6, 6.07) is 12.2. The molecule has 5 rings (SSSR count). The maximum Gasteiger partial charge on any atom is 0.253 e. The largest absolute Gasteiger partial charge is 0.387 e. The summed E-state index contributed by atoms with van der Waals surface area (Å²) >= 11 is 0. The van der Waals surface area contributed by atoms with Crippen LogP contribution < -0.4 is 16.0 Å². The first-order chi connectivity index (χ1) is 37.7. The summed E-state index contributed by atoms with van der Waals surface area (Å²) < 4.78 is 75.6. The van der Waals surface area contributed by atoms with Gasteiger partial charge in [0.15, 0.2) is 0 Å². The van der Waals surface area contributed by atoms with E-state index in [0.717, 1.165) is 28.7 Å². The molecular formula is C55H79F2N7O14. The van der Waals surface area contributed by atoms with Crippen molar-refractivity contribution in [1.82, 2.24) is 35.3 Å². The molecule has 23 heteroatoms. The third-order valence-corrected chi connectivity index (χ3v) is 12.6. The molecular weight excluding hydrogens is 1020 g/mol. The van der Waals surface area contributed by atoms with Gasteiger partial charge in [0.1, 0.15) is 24.1 Å². The summed E-state index contributed by atoms with van der Waals surface area (Å²) in [7, 11) is 0. The molecule has 78 heavy (non-hydrogen) atoms. The molecule has 0 bridgehead atoms. The molecule has 1 fully saturated rings. The molecule has 0 saturated carbocycles. The fourth-order valence-electron chi connectivity index (χ4n) is 8.66. The average Bonchev–Trinajstić information content (AvgIpc) is 4.24. The first kappa shape index (κ1) is 63.2. The highest BCUT2D eigenvalue weighted by molar-refractivity contribution is 6.13. The lowest BCUT2D eigenvalue weighted by atomic mass is 9.83. The van der Waals surface area contributed by atoms with E-state index < -0.39 is 47.4 Å². The number of aliphatic hydroxyl groups excluding tert-OH is 1. The highest BCUT2D eigenvalue weighted by Crippen LogP contribution is 2.40. The number of imidazole rings is 1. The molecule has 432 valence electrons. The van der Waals surface area contributed by atoms with Crippen LogP contribution in [0.4, 0.5) is 8.78 Å². The van der Waals surface area contributed by atoms with E-state index in [1.54, 1.807) is 11.1 Å². The average molecular weight is 1100 g/mol. The number of aliphatic hydroxyl groups is 1. The predicted molar refractivity (Wildman–Crippen MR) is 282 cm³/mol. The summed E-state index contributed by atoms with van der Waals surface area (Å²) in [6.45, 7) is 13.7. The van der Waals surface area contributed by atoms with E-state index in [1.165, 1.54) is 12.2 Å². The Morgan fingerprint density at radius 1 is 0.718 bits per heavy atom. The Hall–Kier alpha value is -5.60. The van der Waals surface area contributed by atoms with Crippen LogP contribution in [0.1, 0.15) is 51.0 Å². The van der Waals surface area contributed by atoms with Crippen LogP contribution in [-0.4, -0.2) is 206 Å². The van der Waals surface area contributed by atoms with E-state index >= 15 is 4.39 Å². The number of nitrogens with zero attached hydrogens (tertiary/aromatic N) is 4. The normalized spacial score (nSPS) is 15.8. The number of carbonyl (C=O) groups excluding carboxylic acids is 5. The number of aromatic nitrogens is 2. The van der Waals surface area contributed by atoms with Crippen molar-refractivity contribution in [1.29, 1.82) is 0 Å². The second kappa shape index (κ2) is 35.1. The molecule has 2 aromatic carbocycles. The maximum absolute atomic E-state index is 15.2. The number of nitrogens with one attached hydrogen (secondary N) is 3. The van der Waals surface area contributed by atoms with E-state index in [4.69, 9.17) is 42.9 Å². The minimum absolute atomic E-state index is 0.000934. The lowest BCUT2D eigenvalue weighted by Gasteiger charge is -2.41. The van der Waals surface area contributed by atoms with Gasteiger partial charge >= 0.3 is 0 Å². The second-order valence-electron chi connectivity index (χ2n) is 19.6. The lowest BCUT2D eigenvalue weighted by molar-refractivity contribution is -0.141. The first-order valence-electron chi connectivity index (χ1n) is 26.6. The molecule has 2 aliphatic rings. The minimum atomic E-state index is -0.737. The smallest absolute Gasteiger partial charge is 0.253 e. The lowest BCUT2D eigenvalue weighted by Crippen LogP contribution is -2.47. The Morgan fingerprint density at radius 3 is 1.79 bits per heavy atom. The van der Waals surface area contributed by atoms with Crippen LogP contribution in [0, 0.1) is 28.9 Å². The number of hydrogen-bond donors (Lipinski definition) is 4. The Morgan fingerprint density at radius 2 is 1.24 bits per heavy atom. The van der Waals surface area contributed by atoms with Crippen molar-refractivity contribution in [2.45, 2.75) is 46.2 Å². The number of rotatable bonds is 40. The molecule has 3 heterocycles. The molecule has 21 nitrogen and oxygen atoms in total. The summed E-state index contributed by atoms with van der Waals surface area (Å²) in [5.74, 6) is -2.64. The van der Waals surface area contributed by atoms with Crippen LogP contribution in [0.2, 0.25) is 0 Å². The molecule has 2 unspecified atom stereocenters. The van der Waals surface area contributed by atoms with Gasteiger partial charge in [-0.05, 0) is 41.0 Å². The van der Waals surface area contributed by atoms with E-state index in [0.29, 0.717) is 138 Å².